The van der Waals surface area contributed by atoms with Crippen LogP contribution in [-0.4, -0.2) is 31.2 Å². The number of carbonyl (C=O) groups excluding carboxylic acids is 2. The van der Waals surface area contributed by atoms with Crippen LogP contribution in [0, 0.1) is 16.7 Å². The largest absolute Gasteiger partial charge is 0.465 e. The summed E-state index contributed by atoms with van der Waals surface area (Å²) in [5.74, 6) is 0.132. The van der Waals surface area contributed by atoms with Gasteiger partial charge in [0.1, 0.15) is 0 Å². The van der Waals surface area contributed by atoms with Crippen molar-refractivity contribution < 1.29 is 19.1 Å². The molecule has 0 radical (unpaired) electrons. The quantitative estimate of drug-likeness (QED) is 0.866. The van der Waals surface area contributed by atoms with E-state index in [0.717, 1.165) is 12.8 Å². The molecule has 1 heterocycles. The highest BCUT2D eigenvalue weighted by Gasteiger charge is 2.78. The van der Waals surface area contributed by atoms with Crippen molar-refractivity contribution in [1.82, 2.24) is 0 Å². The smallest absolute Gasteiger partial charge is 0.337 e. The van der Waals surface area contributed by atoms with Gasteiger partial charge >= 0.3 is 5.97 Å². The van der Waals surface area contributed by atoms with Crippen molar-refractivity contribution in [2.24, 2.45) is 16.7 Å². The maximum Gasteiger partial charge on any atom is 0.337 e. The highest BCUT2D eigenvalue weighted by atomic mass is 16.5. The van der Waals surface area contributed by atoms with Crippen molar-refractivity contribution in [3.8, 4) is 0 Å². The van der Waals surface area contributed by atoms with Gasteiger partial charge in [-0.2, -0.15) is 0 Å². The predicted molar refractivity (Wildman–Crippen MR) is 88.6 cm³/mol. The van der Waals surface area contributed by atoms with Gasteiger partial charge in [-0.05, 0) is 49.4 Å². The maximum absolute atomic E-state index is 13.1. The third-order valence-corrected chi connectivity index (χ3v) is 7.13. The van der Waals surface area contributed by atoms with E-state index in [9.17, 15) is 9.59 Å². The Labute approximate surface area is 141 Å². The fraction of sp³-hybridized carbons (Fsp3) is 0.579. The standard InChI is InChI=1S/C19H23NO4/c1-17-11-24-19(10-13(17)8-9-18(17,19)2)16(22)20-14-6-4-12(5-7-14)15(21)23-3/h4-7,13H,8-11H2,1-3H3,(H,20,22)/t13-,17+,18-,19+/m1/s1. The second-order valence-electron chi connectivity index (χ2n) is 7.83. The second-order valence-corrected chi connectivity index (χ2v) is 7.83. The van der Waals surface area contributed by atoms with Crippen LogP contribution in [0.15, 0.2) is 24.3 Å². The Morgan fingerprint density at radius 1 is 1.25 bits per heavy atom. The first-order chi connectivity index (χ1) is 11.4. The van der Waals surface area contributed by atoms with Crippen molar-refractivity contribution in [3.05, 3.63) is 29.8 Å². The van der Waals surface area contributed by atoms with Crippen LogP contribution in [0.3, 0.4) is 0 Å². The second kappa shape index (κ2) is 4.82. The highest BCUT2D eigenvalue weighted by molar-refractivity contribution is 5.99. The average molecular weight is 329 g/mol. The van der Waals surface area contributed by atoms with Crippen LogP contribution in [-0.2, 0) is 14.3 Å². The molecule has 5 nitrogen and oxygen atoms in total. The number of hydrogen-bond acceptors (Lipinski definition) is 4. The third-order valence-electron chi connectivity index (χ3n) is 7.13. The van der Waals surface area contributed by atoms with Crippen molar-refractivity contribution in [2.75, 3.05) is 19.0 Å². The topological polar surface area (TPSA) is 64.6 Å². The monoisotopic (exact) mass is 329 g/mol. The molecular weight excluding hydrogens is 306 g/mol. The van der Waals surface area contributed by atoms with E-state index >= 15 is 0 Å². The molecule has 3 fully saturated rings. The summed E-state index contributed by atoms with van der Waals surface area (Å²) in [6.45, 7) is 5.16. The Morgan fingerprint density at radius 3 is 2.54 bits per heavy atom. The molecule has 0 spiro atoms. The summed E-state index contributed by atoms with van der Waals surface area (Å²) in [4.78, 5) is 24.6. The molecule has 0 aromatic heterocycles. The van der Waals surface area contributed by atoms with Crippen LogP contribution in [0.4, 0.5) is 5.69 Å². The van der Waals surface area contributed by atoms with Gasteiger partial charge in [0.25, 0.3) is 5.91 Å². The van der Waals surface area contributed by atoms with Crippen molar-refractivity contribution in [2.45, 2.75) is 38.7 Å². The molecule has 2 saturated carbocycles. The van der Waals surface area contributed by atoms with Gasteiger partial charge in [0.15, 0.2) is 5.60 Å². The normalized spacial score (nSPS) is 39.0. The molecule has 1 aromatic rings. The van der Waals surface area contributed by atoms with Gasteiger partial charge in [-0.1, -0.05) is 13.8 Å². The lowest BCUT2D eigenvalue weighted by molar-refractivity contribution is -0.149. The molecule has 1 amide bonds. The zero-order chi connectivity index (χ0) is 17.2. The van der Waals surface area contributed by atoms with Gasteiger partial charge in [-0.3, -0.25) is 4.79 Å². The van der Waals surface area contributed by atoms with Gasteiger partial charge < -0.3 is 14.8 Å². The van der Waals surface area contributed by atoms with E-state index in [2.05, 4.69) is 23.9 Å². The zero-order valence-corrected chi connectivity index (χ0v) is 14.3. The molecule has 128 valence electrons. The van der Waals surface area contributed by atoms with Crippen LogP contribution >= 0.6 is 0 Å². The highest BCUT2D eigenvalue weighted by Crippen LogP contribution is 2.75. The van der Waals surface area contributed by atoms with E-state index < -0.39 is 5.60 Å². The fourth-order valence-corrected chi connectivity index (χ4v) is 5.30. The lowest BCUT2D eigenvalue weighted by Gasteiger charge is -2.40. The van der Waals surface area contributed by atoms with E-state index in [1.54, 1.807) is 24.3 Å². The van der Waals surface area contributed by atoms with Crippen LogP contribution in [0.2, 0.25) is 0 Å². The lowest BCUT2D eigenvalue weighted by atomic mass is 9.66. The van der Waals surface area contributed by atoms with Gasteiger partial charge in [-0.15, -0.1) is 0 Å². The number of ether oxygens (including phenoxy) is 2. The summed E-state index contributed by atoms with van der Waals surface area (Å²) in [5, 5.41) is 3.00. The number of benzene rings is 1. The number of anilines is 1. The van der Waals surface area contributed by atoms with Crippen molar-refractivity contribution >= 4 is 17.6 Å². The van der Waals surface area contributed by atoms with E-state index in [-0.39, 0.29) is 22.7 Å². The number of methoxy groups -OCH3 is 1. The third kappa shape index (κ3) is 1.68. The van der Waals surface area contributed by atoms with Gasteiger partial charge in [0, 0.05) is 16.5 Å². The number of esters is 1. The van der Waals surface area contributed by atoms with Crippen molar-refractivity contribution in [3.63, 3.8) is 0 Å². The molecule has 1 N–H and O–H groups in total. The first-order valence-electron chi connectivity index (χ1n) is 8.50. The summed E-state index contributed by atoms with van der Waals surface area (Å²) in [6, 6.07) is 6.76. The van der Waals surface area contributed by atoms with Crippen LogP contribution in [0.25, 0.3) is 0 Å². The first-order valence-corrected chi connectivity index (χ1v) is 8.50. The molecule has 4 atom stereocenters. The number of nitrogens with one attached hydrogen (secondary N) is 1. The summed E-state index contributed by atoms with van der Waals surface area (Å²) in [7, 11) is 1.35. The van der Waals surface area contributed by atoms with E-state index in [1.807, 2.05) is 0 Å². The van der Waals surface area contributed by atoms with E-state index in [0.29, 0.717) is 23.8 Å². The van der Waals surface area contributed by atoms with Crippen molar-refractivity contribution in [1.29, 1.82) is 0 Å². The number of carbonyl (C=O) groups is 2. The first kappa shape index (κ1) is 15.6. The summed E-state index contributed by atoms with van der Waals surface area (Å²) < 4.78 is 10.8. The average Bonchev–Trinajstić information content (AvgIpc) is 3.06. The Hall–Kier alpha value is -1.88. The number of rotatable bonds is 3. The fourth-order valence-electron chi connectivity index (χ4n) is 5.30. The molecule has 1 aromatic carbocycles. The predicted octanol–water partition coefficient (Wildman–Crippen LogP) is 3.01. The van der Waals surface area contributed by atoms with E-state index in [1.165, 1.54) is 13.5 Å². The molecule has 5 heteroatoms. The lowest BCUT2D eigenvalue weighted by Crippen LogP contribution is -2.52. The molecule has 1 aliphatic heterocycles. The summed E-state index contributed by atoms with van der Waals surface area (Å²) in [6.07, 6.45) is 3.05. The van der Waals surface area contributed by atoms with Crippen LogP contribution in [0.1, 0.15) is 43.5 Å². The minimum absolute atomic E-state index is 0.0539. The van der Waals surface area contributed by atoms with Crippen LogP contribution in [0.5, 0.6) is 0 Å². The maximum atomic E-state index is 13.1. The molecule has 4 bridgehead atoms. The van der Waals surface area contributed by atoms with Gasteiger partial charge in [-0.25, -0.2) is 4.79 Å². The zero-order valence-electron chi connectivity index (χ0n) is 14.3. The van der Waals surface area contributed by atoms with Crippen LogP contribution < -0.4 is 5.32 Å². The van der Waals surface area contributed by atoms with E-state index in [4.69, 9.17) is 4.74 Å². The van der Waals surface area contributed by atoms with Gasteiger partial charge in [0.2, 0.25) is 0 Å². The molecular formula is C19H23NO4. The number of hydrogen-bond donors (Lipinski definition) is 1. The summed E-state index contributed by atoms with van der Waals surface area (Å²) in [5.41, 5.74) is 0.432. The Bertz CT molecular complexity index is 715. The Morgan fingerprint density at radius 2 is 1.96 bits per heavy atom. The molecule has 2 aliphatic carbocycles. The number of amides is 1. The Balaban J connectivity index is 1.56. The molecule has 1 saturated heterocycles. The minimum Gasteiger partial charge on any atom is -0.465 e. The Kier molecular flexibility index (Phi) is 3.14. The molecule has 24 heavy (non-hydrogen) atoms. The molecule has 4 rings (SSSR count). The van der Waals surface area contributed by atoms with Gasteiger partial charge in [0.05, 0.1) is 19.3 Å². The SMILES string of the molecule is COC(=O)c1ccc(NC(=O)[C@@]23C[C@H]4CC[C@]2(C)[C@@]4(C)CO3)cc1. The molecule has 0 unspecified atom stereocenters. The minimum atomic E-state index is -0.717. The molecule has 3 aliphatic rings. The summed E-state index contributed by atoms with van der Waals surface area (Å²) >= 11 is 0.